The monoisotopic (exact) mass is 339 g/mol. The van der Waals surface area contributed by atoms with Gasteiger partial charge in [-0.25, -0.2) is 0 Å². The van der Waals surface area contributed by atoms with Crippen molar-refractivity contribution in [3.63, 3.8) is 0 Å². The smallest absolute Gasteiger partial charge is 0.387 e. The molecule has 2 N–H and O–H groups in total. The Hall–Kier alpha value is -2.41. The second-order valence-corrected chi connectivity index (χ2v) is 5.28. The van der Waals surface area contributed by atoms with Crippen LogP contribution in [0.3, 0.4) is 0 Å². The molecule has 24 heavy (non-hydrogen) atoms. The van der Waals surface area contributed by atoms with Gasteiger partial charge < -0.3 is 19.6 Å². The van der Waals surface area contributed by atoms with E-state index in [1.807, 2.05) is 19.1 Å². The molecule has 1 atom stereocenters. The Morgan fingerprint density at radius 3 is 2.54 bits per heavy atom. The fourth-order valence-electron chi connectivity index (χ4n) is 2.14. The van der Waals surface area contributed by atoms with E-state index in [0.717, 1.165) is 11.5 Å². The molecule has 0 fully saturated rings. The van der Waals surface area contributed by atoms with Crippen molar-refractivity contribution in [2.24, 2.45) is 0 Å². The number of nitrogens with one attached hydrogen (secondary N) is 1. The molecule has 2 rings (SSSR count). The van der Waals surface area contributed by atoms with Crippen LogP contribution in [0.1, 0.15) is 29.6 Å². The van der Waals surface area contributed by atoms with Crippen LogP contribution >= 0.6 is 0 Å². The molecule has 0 aliphatic rings. The van der Waals surface area contributed by atoms with Crippen LogP contribution in [0, 0.1) is 6.92 Å². The number of carbonyl (C=O) groups is 1. The van der Waals surface area contributed by atoms with E-state index in [9.17, 15) is 18.7 Å². The molecule has 0 bridgehead atoms. The van der Waals surface area contributed by atoms with Gasteiger partial charge in [0.2, 0.25) is 5.91 Å². The number of hydrogen-bond acceptors (Lipinski definition) is 4. The lowest BCUT2D eigenvalue weighted by atomic mass is 10.1. The van der Waals surface area contributed by atoms with E-state index in [1.165, 1.54) is 24.3 Å². The standard InChI is InChI=1S/C17H19F2NO4/c1-11-2-5-13(23-11)8-9-16(22)20-10-15(21)12-3-6-14(7-4-12)24-17(18)19/h2-7,15,17,21H,8-10H2,1H3,(H,20,22). The number of alkyl halides is 2. The van der Waals surface area contributed by atoms with E-state index >= 15 is 0 Å². The first-order valence-electron chi connectivity index (χ1n) is 7.49. The lowest BCUT2D eigenvalue weighted by molar-refractivity contribution is -0.121. The number of benzene rings is 1. The maximum Gasteiger partial charge on any atom is 0.387 e. The summed E-state index contributed by atoms with van der Waals surface area (Å²) in [7, 11) is 0. The minimum absolute atomic E-state index is 0.0127. The zero-order valence-corrected chi connectivity index (χ0v) is 13.2. The molecular weight excluding hydrogens is 320 g/mol. The predicted octanol–water partition coefficient (Wildman–Crippen LogP) is 2.97. The molecule has 1 amide bonds. The highest BCUT2D eigenvalue weighted by molar-refractivity contribution is 5.76. The fourth-order valence-corrected chi connectivity index (χ4v) is 2.14. The number of hydrogen-bond donors (Lipinski definition) is 2. The third-order valence-corrected chi connectivity index (χ3v) is 3.38. The maximum absolute atomic E-state index is 12.1. The van der Waals surface area contributed by atoms with Gasteiger partial charge in [0.25, 0.3) is 0 Å². The van der Waals surface area contributed by atoms with Crippen molar-refractivity contribution in [1.29, 1.82) is 0 Å². The van der Waals surface area contributed by atoms with Crippen LogP contribution in [0.2, 0.25) is 0 Å². The van der Waals surface area contributed by atoms with E-state index in [0.29, 0.717) is 12.0 Å². The van der Waals surface area contributed by atoms with Crippen LogP contribution in [-0.4, -0.2) is 24.2 Å². The largest absolute Gasteiger partial charge is 0.466 e. The Labute approximate surface area is 138 Å². The topological polar surface area (TPSA) is 71.7 Å². The molecular formula is C17H19F2NO4. The average Bonchev–Trinajstić information content (AvgIpc) is 2.96. The Bertz CT molecular complexity index is 655. The summed E-state index contributed by atoms with van der Waals surface area (Å²) < 4.78 is 33.7. The number of halogens is 2. The number of rotatable bonds is 8. The number of aliphatic hydroxyl groups excluding tert-OH is 1. The summed E-state index contributed by atoms with van der Waals surface area (Å²) in [6.45, 7) is -1.03. The first kappa shape index (κ1) is 17.9. The molecule has 130 valence electrons. The van der Waals surface area contributed by atoms with Crippen molar-refractivity contribution in [3.05, 3.63) is 53.5 Å². The molecule has 0 aliphatic heterocycles. The number of amides is 1. The lowest BCUT2D eigenvalue weighted by Crippen LogP contribution is -2.28. The fraction of sp³-hybridized carbons (Fsp3) is 0.353. The normalized spacial score (nSPS) is 12.2. The van der Waals surface area contributed by atoms with Crippen molar-refractivity contribution in [3.8, 4) is 5.75 Å². The second-order valence-electron chi connectivity index (χ2n) is 5.28. The van der Waals surface area contributed by atoms with Crippen LogP contribution in [-0.2, 0) is 11.2 Å². The molecule has 0 spiro atoms. The quantitative estimate of drug-likeness (QED) is 0.776. The average molecular weight is 339 g/mol. The van der Waals surface area contributed by atoms with Crippen LogP contribution in [0.25, 0.3) is 0 Å². The summed E-state index contributed by atoms with van der Waals surface area (Å²) in [4.78, 5) is 11.8. The van der Waals surface area contributed by atoms with Crippen molar-refractivity contribution in [1.82, 2.24) is 5.32 Å². The van der Waals surface area contributed by atoms with Gasteiger partial charge in [-0.1, -0.05) is 12.1 Å². The molecule has 1 aromatic heterocycles. The van der Waals surface area contributed by atoms with Gasteiger partial charge in [0.05, 0.1) is 6.10 Å². The lowest BCUT2D eigenvalue weighted by Gasteiger charge is -2.13. The minimum Gasteiger partial charge on any atom is -0.466 e. The zero-order chi connectivity index (χ0) is 17.5. The Morgan fingerprint density at radius 2 is 1.96 bits per heavy atom. The van der Waals surface area contributed by atoms with Crippen LogP contribution in [0.15, 0.2) is 40.8 Å². The predicted molar refractivity (Wildman–Crippen MR) is 82.8 cm³/mol. The van der Waals surface area contributed by atoms with E-state index in [-0.39, 0.29) is 24.6 Å². The molecule has 0 radical (unpaired) electrons. The van der Waals surface area contributed by atoms with Gasteiger partial charge in [-0.05, 0) is 36.8 Å². The number of carbonyl (C=O) groups excluding carboxylic acids is 1. The highest BCUT2D eigenvalue weighted by Gasteiger charge is 2.11. The van der Waals surface area contributed by atoms with E-state index in [1.54, 1.807) is 0 Å². The summed E-state index contributed by atoms with van der Waals surface area (Å²) in [6, 6.07) is 9.27. The number of aliphatic hydroxyl groups is 1. The van der Waals surface area contributed by atoms with Crippen LogP contribution in [0.5, 0.6) is 5.75 Å². The van der Waals surface area contributed by atoms with E-state index in [2.05, 4.69) is 10.1 Å². The molecule has 1 heterocycles. The van der Waals surface area contributed by atoms with Gasteiger partial charge in [-0.15, -0.1) is 0 Å². The number of ether oxygens (including phenoxy) is 1. The third kappa shape index (κ3) is 5.66. The molecule has 7 heteroatoms. The highest BCUT2D eigenvalue weighted by Crippen LogP contribution is 2.19. The highest BCUT2D eigenvalue weighted by atomic mass is 19.3. The van der Waals surface area contributed by atoms with Crippen molar-refractivity contribution < 1.29 is 27.8 Å². The van der Waals surface area contributed by atoms with Crippen LogP contribution < -0.4 is 10.1 Å². The van der Waals surface area contributed by atoms with Crippen LogP contribution in [0.4, 0.5) is 8.78 Å². The summed E-state index contributed by atoms with van der Waals surface area (Å²) >= 11 is 0. The van der Waals surface area contributed by atoms with Gasteiger partial charge in [-0.3, -0.25) is 4.79 Å². The van der Waals surface area contributed by atoms with Crippen molar-refractivity contribution >= 4 is 5.91 Å². The number of aryl methyl sites for hydroxylation is 2. The Morgan fingerprint density at radius 1 is 1.25 bits per heavy atom. The van der Waals surface area contributed by atoms with E-state index in [4.69, 9.17) is 4.42 Å². The maximum atomic E-state index is 12.1. The van der Waals surface area contributed by atoms with Gasteiger partial charge in [0, 0.05) is 19.4 Å². The second kappa shape index (κ2) is 8.44. The van der Waals surface area contributed by atoms with Crippen molar-refractivity contribution in [2.75, 3.05) is 6.54 Å². The van der Waals surface area contributed by atoms with Gasteiger partial charge >= 0.3 is 6.61 Å². The molecule has 1 unspecified atom stereocenters. The van der Waals surface area contributed by atoms with Crippen molar-refractivity contribution in [2.45, 2.75) is 32.5 Å². The van der Waals surface area contributed by atoms with Gasteiger partial charge in [0.15, 0.2) is 0 Å². The molecule has 1 aromatic carbocycles. The minimum atomic E-state index is -2.89. The molecule has 0 saturated heterocycles. The SMILES string of the molecule is Cc1ccc(CCC(=O)NCC(O)c2ccc(OC(F)F)cc2)o1. The number of furan rings is 1. The summed E-state index contributed by atoms with van der Waals surface area (Å²) in [5, 5.41) is 12.6. The van der Waals surface area contributed by atoms with E-state index < -0.39 is 12.7 Å². The molecule has 0 saturated carbocycles. The Balaban J connectivity index is 1.75. The first-order valence-corrected chi connectivity index (χ1v) is 7.49. The van der Waals surface area contributed by atoms with Gasteiger partial charge in [-0.2, -0.15) is 8.78 Å². The summed E-state index contributed by atoms with van der Waals surface area (Å²) in [5.74, 6) is 1.33. The molecule has 5 nitrogen and oxygen atoms in total. The zero-order valence-electron chi connectivity index (χ0n) is 13.2. The van der Waals surface area contributed by atoms with Gasteiger partial charge in [0.1, 0.15) is 17.3 Å². The third-order valence-electron chi connectivity index (χ3n) is 3.38. The molecule has 0 aliphatic carbocycles. The first-order chi connectivity index (χ1) is 11.4. The summed E-state index contributed by atoms with van der Waals surface area (Å²) in [5.41, 5.74) is 0.499. The summed E-state index contributed by atoms with van der Waals surface area (Å²) in [6.07, 6.45) is -0.198. The Kier molecular flexibility index (Phi) is 6.31. The molecule has 2 aromatic rings.